The Labute approximate surface area is 71.8 Å². The highest BCUT2D eigenvalue weighted by molar-refractivity contribution is 5.03. The number of halogens is 3. The van der Waals surface area contributed by atoms with Crippen molar-refractivity contribution in [1.82, 2.24) is 9.55 Å². The summed E-state index contributed by atoms with van der Waals surface area (Å²) in [6.45, 7) is 1.96. The molecule has 0 atom stereocenters. The molecule has 0 bridgehead atoms. The molecule has 6 heteroatoms. The van der Waals surface area contributed by atoms with E-state index in [9.17, 15) is 18.0 Å². The van der Waals surface area contributed by atoms with Gasteiger partial charge in [0.2, 0.25) is 0 Å². The van der Waals surface area contributed by atoms with Gasteiger partial charge in [-0.15, -0.1) is 0 Å². The van der Waals surface area contributed by atoms with Gasteiger partial charge in [-0.3, -0.25) is 9.36 Å². The SMILES string of the molecule is CCn1cnc(C(F)(F)F)cc1=O. The number of rotatable bonds is 1. The third kappa shape index (κ3) is 2.07. The predicted octanol–water partition coefficient (Wildman–Crippen LogP) is 1.28. The molecule has 0 unspecified atom stereocenters. The van der Waals surface area contributed by atoms with E-state index in [2.05, 4.69) is 4.98 Å². The Bertz CT molecular complexity index is 355. The molecule has 0 amide bonds. The van der Waals surface area contributed by atoms with Crippen LogP contribution in [0.3, 0.4) is 0 Å². The van der Waals surface area contributed by atoms with E-state index in [1.54, 1.807) is 6.92 Å². The van der Waals surface area contributed by atoms with Crippen LogP contribution in [0.15, 0.2) is 17.2 Å². The molecule has 3 nitrogen and oxygen atoms in total. The smallest absolute Gasteiger partial charge is 0.300 e. The Balaban J connectivity index is 3.18. The third-order valence-corrected chi connectivity index (χ3v) is 1.51. The van der Waals surface area contributed by atoms with Gasteiger partial charge in [0.15, 0.2) is 5.69 Å². The number of aromatic nitrogens is 2. The Morgan fingerprint density at radius 3 is 2.54 bits per heavy atom. The van der Waals surface area contributed by atoms with Crippen molar-refractivity contribution in [2.75, 3.05) is 0 Å². The number of alkyl halides is 3. The van der Waals surface area contributed by atoms with Gasteiger partial charge >= 0.3 is 6.18 Å². The molecule has 13 heavy (non-hydrogen) atoms. The molecule has 72 valence electrons. The Hall–Kier alpha value is -1.33. The summed E-state index contributed by atoms with van der Waals surface area (Å²) in [5.41, 5.74) is -1.84. The van der Waals surface area contributed by atoms with E-state index in [0.29, 0.717) is 12.6 Å². The molecule has 0 saturated heterocycles. The van der Waals surface area contributed by atoms with Crippen LogP contribution >= 0.6 is 0 Å². The zero-order valence-electron chi connectivity index (χ0n) is 6.80. The first-order valence-electron chi connectivity index (χ1n) is 3.59. The van der Waals surface area contributed by atoms with Crippen LogP contribution in [0.1, 0.15) is 12.6 Å². The first kappa shape index (κ1) is 9.76. The van der Waals surface area contributed by atoms with Crippen LogP contribution < -0.4 is 5.56 Å². The number of hydrogen-bond donors (Lipinski definition) is 0. The normalized spacial score (nSPS) is 11.7. The molecule has 0 aromatic carbocycles. The molecule has 0 N–H and O–H groups in total. The van der Waals surface area contributed by atoms with Crippen molar-refractivity contribution >= 4 is 0 Å². The summed E-state index contributed by atoms with van der Waals surface area (Å²) in [6.07, 6.45) is -3.66. The molecule has 0 radical (unpaired) electrons. The monoisotopic (exact) mass is 192 g/mol. The third-order valence-electron chi connectivity index (χ3n) is 1.51. The lowest BCUT2D eigenvalue weighted by molar-refractivity contribution is -0.141. The molecular weight excluding hydrogens is 185 g/mol. The second kappa shape index (κ2) is 3.20. The first-order valence-corrected chi connectivity index (χ1v) is 3.59. The van der Waals surface area contributed by atoms with E-state index >= 15 is 0 Å². The zero-order chi connectivity index (χ0) is 10.1. The van der Waals surface area contributed by atoms with Gasteiger partial charge in [0.05, 0.1) is 6.33 Å². The maximum Gasteiger partial charge on any atom is 0.433 e. The minimum Gasteiger partial charge on any atom is -0.300 e. The molecular formula is C7H7F3N2O. The van der Waals surface area contributed by atoms with Gasteiger partial charge in [-0.25, -0.2) is 4.98 Å². The van der Waals surface area contributed by atoms with Gasteiger partial charge in [0.25, 0.3) is 5.56 Å². The van der Waals surface area contributed by atoms with Gasteiger partial charge in [0, 0.05) is 12.6 Å². The Morgan fingerprint density at radius 2 is 2.15 bits per heavy atom. The summed E-state index contributed by atoms with van der Waals surface area (Å²) >= 11 is 0. The van der Waals surface area contributed by atoms with E-state index in [1.165, 1.54) is 0 Å². The van der Waals surface area contributed by atoms with Gasteiger partial charge < -0.3 is 0 Å². The van der Waals surface area contributed by atoms with E-state index in [0.717, 1.165) is 10.9 Å². The fourth-order valence-corrected chi connectivity index (χ4v) is 0.818. The molecule has 1 aromatic heterocycles. The van der Waals surface area contributed by atoms with Crippen molar-refractivity contribution in [2.45, 2.75) is 19.6 Å². The van der Waals surface area contributed by atoms with Crippen LogP contribution in [-0.2, 0) is 12.7 Å². The molecule has 1 rings (SSSR count). The predicted molar refractivity (Wildman–Crippen MR) is 39.2 cm³/mol. The van der Waals surface area contributed by atoms with Crippen LogP contribution in [0.4, 0.5) is 13.2 Å². The highest BCUT2D eigenvalue weighted by atomic mass is 19.4. The zero-order valence-corrected chi connectivity index (χ0v) is 6.80. The van der Waals surface area contributed by atoms with E-state index < -0.39 is 17.4 Å². The minimum atomic E-state index is -4.55. The average molecular weight is 192 g/mol. The lowest BCUT2D eigenvalue weighted by Gasteiger charge is -2.05. The van der Waals surface area contributed by atoms with Crippen molar-refractivity contribution in [2.24, 2.45) is 0 Å². The van der Waals surface area contributed by atoms with Crippen molar-refractivity contribution in [1.29, 1.82) is 0 Å². The standard InChI is InChI=1S/C7H7F3N2O/c1-2-12-4-11-5(3-6(12)13)7(8,9)10/h3-4H,2H2,1H3. The molecule has 0 saturated carbocycles. The van der Waals surface area contributed by atoms with Crippen molar-refractivity contribution in [3.05, 3.63) is 28.4 Å². The van der Waals surface area contributed by atoms with Crippen molar-refractivity contribution in [3.8, 4) is 0 Å². The number of aryl methyl sites for hydroxylation is 1. The second-order valence-electron chi connectivity index (χ2n) is 2.40. The van der Waals surface area contributed by atoms with Crippen LogP contribution in [0.2, 0.25) is 0 Å². The molecule has 0 aliphatic rings. The number of nitrogens with zero attached hydrogens (tertiary/aromatic N) is 2. The summed E-state index contributed by atoms with van der Waals surface area (Å²) in [4.78, 5) is 14.1. The largest absolute Gasteiger partial charge is 0.433 e. The van der Waals surface area contributed by atoms with Crippen LogP contribution in [0.5, 0.6) is 0 Å². The minimum absolute atomic E-state index is 0.309. The average Bonchev–Trinajstić information content (AvgIpc) is 2.02. The van der Waals surface area contributed by atoms with Gasteiger partial charge in [0.1, 0.15) is 0 Å². The Kier molecular flexibility index (Phi) is 2.40. The van der Waals surface area contributed by atoms with Crippen molar-refractivity contribution < 1.29 is 13.2 Å². The van der Waals surface area contributed by atoms with Crippen LogP contribution in [-0.4, -0.2) is 9.55 Å². The summed E-state index contributed by atoms with van der Waals surface area (Å²) in [7, 11) is 0. The number of hydrogen-bond acceptors (Lipinski definition) is 2. The molecule has 0 fully saturated rings. The van der Waals surface area contributed by atoms with E-state index in [-0.39, 0.29) is 0 Å². The molecule has 0 spiro atoms. The molecule has 0 aliphatic heterocycles. The fourth-order valence-electron chi connectivity index (χ4n) is 0.818. The lowest BCUT2D eigenvalue weighted by atomic mass is 10.4. The molecule has 1 aromatic rings. The van der Waals surface area contributed by atoms with E-state index in [1.807, 2.05) is 0 Å². The maximum atomic E-state index is 12.0. The summed E-state index contributed by atoms with van der Waals surface area (Å²) in [6, 6.07) is 0.490. The van der Waals surface area contributed by atoms with Gasteiger partial charge in [-0.1, -0.05) is 0 Å². The van der Waals surface area contributed by atoms with Crippen molar-refractivity contribution in [3.63, 3.8) is 0 Å². The molecule has 0 aliphatic carbocycles. The summed E-state index contributed by atoms with van der Waals surface area (Å²) < 4.78 is 37.1. The lowest BCUT2D eigenvalue weighted by Crippen LogP contribution is -2.22. The molecule has 1 heterocycles. The Morgan fingerprint density at radius 1 is 1.54 bits per heavy atom. The quantitative estimate of drug-likeness (QED) is 0.671. The summed E-state index contributed by atoms with van der Waals surface area (Å²) in [5, 5.41) is 0. The fraction of sp³-hybridized carbons (Fsp3) is 0.429. The highest BCUT2D eigenvalue weighted by Gasteiger charge is 2.32. The maximum absolute atomic E-state index is 12.0. The second-order valence-corrected chi connectivity index (χ2v) is 2.40. The summed E-state index contributed by atoms with van der Waals surface area (Å²) in [5.74, 6) is 0. The topological polar surface area (TPSA) is 34.9 Å². The van der Waals surface area contributed by atoms with Crippen LogP contribution in [0.25, 0.3) is 0 Å². The first-order chi connectivity index (χ1) is 5.95. The van der Waals surface area contributed by atoms with Gasteiger partial charge in [-0.05, 0) is 6.92 Å². The highest BCUT2D eigenvalue weighted by Crippen LogP contribution is 2.25. The van der Waals surface area contributed by atoms with E-state index in [4.69, 9.17) is 0 Å². The van der Waals surface area contributed by atoms with Crippen LogP contribution in [0, 0.1) is 0 Å². The van der Waals surface area contributed by atoms with Gasteiger partial charge in [-0.2, -0.15) is 13.2 Å².